The second kappa shape index (κ2) is 10.3. The van der Waals surface area contributed by atoms with Crippen molar-refractivity contribution < 1.29 is 22.8 Å². The van der Waals surface area contributed by atoms with Gasteiger partial charge in [0, 0.05) is 36.6 Å². The van der Waals surface area contributed by atoms with Gasteiger partial charge in [0.2, 0.25) is 11.9 Å². The van der Waals surface area contributed by atoms with Crippen molar-refractivity contribution >= 4 is 29.3 Å². The van der Waals surface area contributed by atoms with Crippen LogP contribution in [-0.2, 0) is 11.0 Å². The first-order valence-electron chi connectivity index (χ1n) is 11.9. The van der Waals surface area contributed by atoms with Gasteiger partial charge in [-0.05, 0) is 70.1 Å². The number of carbonyl (C=O) groups is 2. The molecule has 4 rings (SSSR count). The molecule has 4 N–H and O–H groups in total. The molecule has 2 amide bonds. The van der Waals surface area contributed by atoms with Crippen LogP contribution in [0.5, 0.6) is 0 Å². The fraction of sp³-hybridized carbons (Fsp3) is 0.500. The summed E-state index contributed by atoms with van der Waals surface area (Å²) < 4.78 is 40.5. The maximum atomic E-state index is 13.5. The van der Waals surface area contributed by atoms with Crippen LogP contribution in [0.3, 0.4) is 0 Å². The van der Waals surface area contributed by atoms with E-state index in [2.05, 4.69) is 32.5 Å². The highest BCUT2D eigenvalue weighted by Gasteiger charge is 2.40. The van der Waals surface area contributed by atoms with E-state index in [4.69, 9.17) is 5.73 Å². The van der Waals surface area contributed by atoms with Gasteiger partial charge in [0.1, 0.15) is 11.4 Å². The molecule has 2 atom stereocenters. The molecule has 0 bridgehead atoms. The van der Waals surface area contributed by atoms with Gasteiger partial charge in [-0.3, -0.25) is 9.59 Å². The van der Waals surface area contributed by atoms with E-state index < -0.39 is 35.4 Å². The molecule has 0 spiro atoms. The van der Waals surface area contributed by atoms with Crippen LogP contribution in [0.15, 0.2) is 30.5 Å². The van der Waals surface area contributed by atoms with E-state index in [9.17, 15) is 22.8 Å². The van der Waals surface area contributed by atoms with Crippen LogP contribution >= 0.6 is 0 Å². The molecule has 1 saturated carbocycles. The van der Waals surface area contributed by atoms with E-state index in [1.807, 2.05) is 0 Å². The monoisotopic (exact) mass is 505 g/mol. The molecule has 1 aliphatic carbocycles. The van der Waals surface area contributed by atoms with Gasteiger partial charge in [-0.25, -0.2) is 4.98 Å². The van der Waals surface area contributed by atoms with Crippen LogP contribution in [-0.4, -0.2) is 70.9 Å². The Morgan fingerprint density at radius 3 is 2.33 bits per heavy atom. The third-order valence-electron chi connectivity index (χ3n) is 7.00. The highest BCUT2D eigenvalue weighted by Crippen LogP contribution is 2.37. The molecule has 2 aromatic rings. The number of anilines is 3. The number of alkyl halides is 3. The number of hydrogen-bond acceptors (Lipinski definition) is 7. The molecule has 0 unspecified atom stereocenters. The minimum atomic E-state index is -4.67. The average molecular weight is 506 g/mol. The lowest BCUT2D eigenvalue weighted by atomic mass is 9.79. The van der Waals surface area contributed by atoms with Gasteiger partial charge >= 0.3 is 6.18 Å². The molecule has 2 heterocycles. The number of piperidine rings is 1. The van der Waals surface area contributed by atoms with Gasteiger partial charge in [0.15, 0.2) is 0 Å². The van der Waals surface area contributed by atoms with Gasteiger partial charge < -0.3 is 26.2 Å². The third-order valence-corrected chi connectivity index (χ3v) is 7.00. The number of nitrogens with one attached hydrogen (secondary N) is 2. The van der Waals surface area contributed by atoms with Crippen LogP contribution in [0, 0.1) is 5.92 Å². The fourth-order valence-electron chi connectivity index (χ4n) is 4.53. The van der Waals surface area contributed by atoms with Crippen LogP contribution in [0.25, 0.3) is 0 Å². The summed E-state index contributed by atoms with van der Waals surface area (Å²) in [6.45, 7) is 1.89. The van der Waals surface area contributed by atoms with Gasteiger partial charge in [0.05, 0.1) is 5.92 Å². The first kappa shape index (κ1) is 25.7. The summed E-state index contributed by atoms with van der Waals surface area (Å²) in [6, 6.07) is 6.29. The lowest BCUT2D eigenvalue weighted by Crippen LogP contribution is -2.46. The number of halogens is 3. The van der Waals surface area contributed by atoms with Crippen LogP contribution < -0.4 is 16.4 Å². The zero-order valence-corrected chi connectivity index (χ0v) is 20.2. The minimum absolute atomic E-state index is 0.0528. The Morgan fingerprint density at radius 1 is 1.11 bits per heavy atom. The molecule has 0 radical (unpaired) electrons. The molecule has 1 aromatic heterocycles. The van der Waals surface area contributed by atoms with E-state index in [1.165, 1.54) is 0 Å². The number of carbonyl (C=O) groups excluding carboxylic acids is 2. The Kier molecular flexibility index (Phi) is 7.34. The maximum Gasteiger partial charge on any atom is 0.421 e. The highest BCUT2D eigenvalue weighted by atomic mass is 19.4. The predicted molar refractivity (Wildman–Crippen MR) is 129 cm³/mol. The van der Waals surface area contributed by atoms with E-state index in [1.54, 1.807) is 36.2 Å². The molecule has 2 fully saturated rings. The van der Waals surface area contributed by atoms with Crippen molar-refractivity contribution in [3.63, 3.8) is 0 Å². The number of rotatable bonds is 7. The molecular formula is C24H30F3N7O2. The Hall–Kier alpha value is -3.41. The smallest absolute Gasteiger partial charge is 0.369 e. The van der Waals surface area contributed by atoms with Crippen molar-refractivity contribution in [2.45, 2.75) is 43.9 Å². The number of amides is 2. The number of primary amides is 1. The fourth-order valence-corrected chi connectivity index (χ4v) is 4.53. The quantitative estimate of drug-likeness (QED) is 0.530. The second-order valence-electron chi connectivity index (χ2n) is 9.44. The van der Waals surface area contributed by atoms with E-state index in [-0.39, 0.29) is 17.9 Å². The van der Waals surface area contributed by atoms with Crippen LogP contribution in [0.2, 0.25) is 0 Å². The number of nitrogens with zero attached hydrogens (tertiary/aromatic N) is 4. The number of benzene rings is 1. The predicted octanol–water partition coefficient (Wildman–Crippen LogP) is 3.08. The molecule has 2 aliphatic rings. The molecule has 12 heteroatoms. The summed E-state index contributed by atoms with van der Waals surface area (Å²) in [5.41, 5.74) is 5.32. The van der Waals surface area contributed by atoms with E-state index in [0.717, 1.165) is 25.9 Å². The lowest BCUT2D eigenvalue weighted by Gasteiger charge is -2.35. The molecule has 1 aliphatic heterocycles. The first-order valence-corrected chi connectivity index (χ1v) is 11.9. The molecule has 9 nitrogen and oxygen atoms in total. The van der Waals surface area contributed by atoms with Crippen molar-refractivity contribution in [1.82, 2.24) is 19.8 Å². The molecule has 36 heavy (non-hydrogen) atoms. The first-order chi connectivity index (χ1) is 17.0. The zero-order chi connectivity index (χ0) is 26.0. The van der Waals surface area contributed by atoms with Crippen molar-refractivity contribution in [3.8, 4) is 0 Å². The number of nitrogens with two attached hydrogens (primary N) is 1. The normalized spacial score (nSPS) is 20.9. The van der Waals surface area contributed by atoms with Crippen LogP contribution in [0.1, 0.15) is 41.6 Å². The van der Waals surface area contributed by atoms with Gasteiger partial charge in [-0.1, -0.05) is 0 Å². The van der Waals surface area contributed by atoms with E-state index in [0.29, 0.717) is 30.3 Å². The molecule has 194 valence electrons. The molecular weight excluding hydrogens is 475 g/mol. The third kappa shape index (κ3) is 5.69. The number of aromatic nitrogens is 2. The minimum Gasteiger partial charge on any atom is -0.369 e. The Bertz CT molecular complexity index is 1100. The topological polar surface area (TPSA) is 116 Å². The largest absolute Gasteiger partial charge is 0.421 e. The second-order valence-corrected chi connectivity index (χ2v) is 9.44. The van der Waals surface area contributed by atoms with Crippen molar-refractivity contribution in [1.29, 1.82) is 0 Å². The summed E-state index contributed by atoms with van der Waals surface area (Å²) in [4.78, 5) is 36.2. The number of likely N-dealkylation sites (tertiary alicyclic amines) is 1. The summed E-state index contributed by atoms with van der Waals surface area (Å²) in [5.74, 6) is -1.66. The molecule has 1 aromatic carbocycles. The van der Waals surface area contributed by atoms with Gasteiger partial charge in [0.25, 0.3) is 5.91 Å². The van der Waals surface area contributed by atoms with E-state index >= 15 is 0 Å². The lowest BCUT2D eigenvalue weighted by molar-refractivity contribution is -0.137. The summed E-state index contributed by atoms with van der Waals surface area (Å²) in [5, 5.41) is 5.59. The summed E-state index contributed by atoms with van der Waals surface area (Å²) in [7, 11) is 3.87. The average Bonchev–Trinajstić information content (AvgIpc) is 2.81. The van der Waals surface area contributed by atoms with Gasteiger partial charge in [-0.15, -0.1) is 0 Å². The summed E-state index contributed by atoms with van der Waals surface area (Å²) in [6.07, 6.45) is -1.11. The Labute approximate surface area is 207 Å². The maximum absolute atomic E-state index is 13.5. The SMILES string of the molecule is CN1CCC(N(C)C(=O)c2ccc(Nc3ncc(C(F)(F)F)c(N[C@@H]4CC[C@@H]4C(N)=O)n3)cc2)CC1. The Morgan fingerprint density at radius 2 is 1.78 bits per heavy atom. The van der Waals surface area contributed by atoms with Gasteiger partial charge in [-0.2, -0.15) is 18.2 Å². The standard InChI is InChI=1S/C24H30F3N7O2/c1-33-11-9-16(10-12-33)34(2)22(36)14-3-5-15(6-4-14)30-23-29-13-18(24(25,26)27)21(32-23)31-19-8-7-17(19)20(28)35/h3-6,13,16-17,19H,7-12H2,1-2H3,(H2,28,35)(H2,29,30,31,32)/t17-,19+/m0/s1. The summed E-state index contributed by atoms with van der Waals surface area (Å²) >= 11 is 0. The van der Waals surface area contributed by atoms with Crippen molar-refractivity contribution in [2.75, 3.05) is 37.8 Å². The number of hydrogen-bond donors (Lipinski definition) is 3. The molecule has 1 saturated heterocycles. The Balaban J connectivity index is 1.46. The van der Waals surface area contributed by atoms with Crippen LogP contribution in [0.4, 0.5) is 30.6 Å². The zero-order valence-electron chi connectivity index (χ0n) is 20.2. The highest BCUT2D eigenvalue weighted by molar-refractivity contribution is 5.94. The van der Waals surface area contributed by atoms with Crippen molar-refractivity contribution in [3.05, 3.63) is 41.6 Å². The van der Waals surface area contributed by atoms with Crippen molar-refractivity contribution in [2.24, 2.45) is 11.7 Å².